The molecule has 2 heterocycles. The molecule has 108 valence electrons. The second-order valence-electron chi connectivity index (χ2n) is 5.28. The van der Waals surface area contributed by atoms with Crippen LogP contribution in [-0.2, 0) is 0 Å². The molecule has 20 heavy (non-hydrogen) atoms. The van der Waals surface area contributed by atoms with Crippen LogP contribution in [0.1, 0.15) is 53.5 Å². The van der Waals surface area contributed by atoms with Crippen molar-refractivity contribution in [2.45, 2.75) is 32.6 Å². The van der Waals surface area contributed by atoms with Crippen molar-refractivity contribution in [3.8, 4) is 0 Å². The van der Waals surface area contributed by atoms with Crippen LogP contribution in [0.3, 0.4) is 0 Å². The lowest BCUT2D eigenvalue weighted by atomic mass is 9.93. The van der Waals surface area contributed by atoms with E-state index >= 15 is 0 Å². The Balaban J connectivity index is 2.10. The number of aromatic carboxylic acids is 1. The largest absolute Gasteiger partial charge is 0.477 e. The summed E-state index contributed by atoms with van der Waals surface area (Å²) in [5.41, 5.74) is 0.326. The fraction of sp³-hybridized carbons (Fsp3) is 0.533. The molecule has 1 N–H and O–H groups in total. The minimum Gasteiger partial charge on any atom is -0.477 e. The van der Waals surface area contributed by atoms with Crippen molar-refractivity contribution in [1.82, 2.24) is 9.88 Å². The van der Waals surface area contributed by atoms with E-state index in [4.69, 9.17) is 5.11 Å². The fourth-order valence-corrected chi connectivity index (χ4v) is 2.76. The van der Waals surface area contributed by atoms with Crippen LogP contribution in [0.15, 0.2) is 18.3 Å². The van der Waals surface area contributed by atoms with Gasteiger partial charge in [0.15, 0.2) is 0 Å². The maximum absolute atomic E-state index is 12.4. The Morgan fingerprint density at radius 1 is 1.50 bits per heavy atom. The first-order valence-electron chi connectivity index (χ1n) is 7.10. The van der Waals surface area contributed by atoms with Crippen LogP contribution in [-0.4, -0.2) is 40.0 Å². The monoisotopic (exact) mass is 276 g/mol. The van der Waals surface area contributed by atoms with E-state index in [1.165, 1.54) is 18.7 Å². The summed E-state index contributed by atoms with van der Waals surface area (Å²) in [7, 11) is 0. The quantitative estimate of drug-likeness (QED) is 0.917. The number of likely N-dealkylation sites (tertiary alicyclic amines) is 1. The summed E-state index contributed by atoms with van der Waals surface area (Å²) in [4.78, 5) is 28.9. The maximum atomic E-state index is 12.4. The Hall–Kier alpha value is -1.91. The normalized spacial score (nSPS) is 18.9. The van der Waals surface area contributed by atoms with Gasteiger partial charge in [0.1, 0.15) is 5.69 Å². The maximum Gasteiger partial charge on any atom is 0.354 e. The van der Waals surface area contributed by atoms with Crippen LogP contribution in [0.4, 0.5) is 0 Å². The van der Waals surface area contributed by atoms with Gasteiger partial charge >= 0.3 is 5.97 Å². The number of carboxylic acid groups (broad SMARTS) is 1. The van der Waals surface area contributed by atoms with Crippen LogP contribution in [0.2, 0.25) is 0 Å². The van der Waals surface area contributed by atoms with Crippen LogP contribution in [0.5, 0.6) is 0 Å². The molecule has 1 aromatic heterocycles. The van der Waals surface area contributed by atoms with E-state index in [1.54, 1.807) is 6.07 Å². The summed E-state index contributed by atoms with van der Waals surface area (Å²) in [6.45, 7) is 3.68. The molecular formula is C15H20N2O3. The van der Waals surface area contributed by atoms with Crippen LogP contribution in [0, 0.1) is 5.92 Å². The average molecular weight is 276 g/mol. The summed E-state index contributed by atoms with van der Waals surface area (Å²) >= 11 is 0. The molecule has 1 fully saturated rings. The molecule has 1 atom stereocenters. The minimum atomic E-state index is -1.11. The van der Waals surface area contributed by atoms with E-state index in [-0.39, 0.29) is 11.6 Å². The Kier molecular flexibility index (Phi) is 4.71. The van der Waals surface area contributed by atoms with Crippen molar-refractivity contribution >= 4 is 11.9 Å². The second kappa shape index (κ2) is 6.50. The van der Waals surface area contributed by atoms with Gasteiger partial charge in [-0.2, -0.15) is 0 Å². The lowest BCUT2D eigenvalue weighted by molar-refractivity contribution is 0.0667. The predicted octanol–water partition coefficient (Wildman–Crippen LogP) is 2.43. The zero-order valence-corrected chi connectivity index (χ0v) is 11.7. The number of carbonyl (C=O) groups is 2. The summed E-state index contributed by atoms with van der Waals surface area (Å²) in [5, 5.41) is 8.93. The van der Waals surface area contributed by atoms with E-state index < -0.39 is 5.97 Å². The van der Waals surface area contributed by atoms with Crippen molar-refractivity contribution in [2.24, 2.45) is 5.92 Å². The highest BCUT2D eigenvalue weighted by molar-refractivity contribution is 5.96. The third-order valence-corrected chi connectivity index (χ3v) is 3.73. The highest BCUT2D eigenvalue weighted by Crippen LogP contribution is 2.22. The highest BCUT2D eigenvalue weighted by Gasteiger charge is 2.24. The molecular weight excluding hydrogens is 256 g/mol. The van der Waals surface area contributed by atoms with E-state index in [9.17, 15) is 9.59 Å². The van der Waals surface area contributed by atoms with Gasteiger partial charge in [-0.05, 0) is 37.3 Å². The highest BCUT2D eigenvalue weighted by atomic mass is 16.4. The number of pyridine rings is 1. The lowest BCUT2D eigenvalue weighted by Crippen LogP contribution is -2.40. The van der Waals surface area contributed by atoms with Crippen LogP contribution < -0.4 is 0 Å². The number of hydrogen-bond acceptors (Lipinski definition) is 3. The van der Waals surface area contributed by atoms with Crippen molar-refractivity contribution < 1.29 is 14.7 Å². The molecule has 2 rings (SSSR count). The average Bonchev–Trinajstić information content (AvgIpc) is 2.47. The SMILES string of the molecule is CCCC1CCCN(C(=O)c2ccnc(C(=O)O)c2)C1. The summed E-state index contributed by atoms with van der Waals surface area (Å²) in [6.07, 6.45) is 5.84. The van der Waals surface area contributed by atoms with Gasteiger partial charge in [0, 0.05) is 24.8 Å². The number of nitrogens with zero attached hydrogens (tertiary/aromatic N) is 2. The standard InChI is InChI=1S/C15H20N2O3/c1-2-4-11-5-3-8-17(10-11)14(18)12-6-7-16-13(9-12)15(19)20/h6-7,9,11H,2-5,8,10H2,1H3,(H,19,20). The number of aromatic nitrogens is 1. The van der Waals surface area contributed by atoms with Gasteiger partial charge in [-0.15, -0.1) is 0 Å². The molecule has 0 bridgehead atoms. The Bertz CT molecular complexity index is 500. The summed E-state index contributed by atoms with van der Waals surface area (Å²) in [6, 6.07) is 2.94. The minimum absolute atomic E-state index is 0.0852. The van der Waals surface area contributed by atoms with Gasteiger partial charge in [0.2, 0.25) is 0 Å². The zero-order valence-electron chi connectivity index (χ0n) is 11.7. The molecule has 1 aliphatic rings. The first kappa shape index (κ1) is 14.5. The van der Waals surface area contributed by atoms with E-state index in [1.807, 2.05) is 4.90 Å². The molecule has 0 aromatic carbocycles. The van der Waals surface area contributed by atoms with Crippen molar-refractivity contribution in [3.05, 3.63) is 29.6 Å². The van der Waals surface area contributed by atoms with Gasteiger partial charge in [0.05, 0.1) is 0 Å². The smallest absolute Gasteiger partial charge is 0.354 e. The Morgan fingerprint density at radius 2 is 2.30 bits per heavy atom. The van der Waals surface area contributed by atoms with Gasteiger partial charge in [-0.3, -0.25) is 4.79 Å². The number of rotatable bonds is 4. The fourth-order valence-electron chi connectivity index (χ4n) is 2.76. The van der Waals surface area contributed by atoms with E-state index in [0.29, 0.717) is 11.5 Å². The van der Waals surface area contributed by atoms with Gasteiger partial charge in [-0.1, -0.05) is 13.3 Å². The molecule has 1 saturated heterocycles. The predicted molar refractivity (Wildman–Crippen MR) is 74.7 cm³/mol. The summed E-state index contributed by atoms with van der Waals surface area (Å²) < 4.78 is 0. The molecule has 5 heteroatoms. The van der Waals surface area contributed by atoms with E-state index in [2.05, 4.69) is 11.9 Å². The first-order valence-corrected chi connectivity index (χ1v) is 7.10. The molecule has 5 nitrogen and oxygen atoms in total. The van der Waals surface area contributed by atoms with Gasteiger partial charge in [-0.25, -0.2) is 9.78 Å². The zero-order chi connectivity index (χ0) is 14.5. The lowest BCUT2D eigenvalue weighted by Gasteiger charge is -2.32. The van der Waals surface area contributed by atoms with Crippen molar-refractivity contribution in [2.75, 3.05) is 13.1 Å². The Labute approximate surface area is 118 Å². The van der Waals surface area contributed by atoms with Crippen LogP contribution >= 0.6 is 0 Å². The number of hydrogen-bond donors (Lipinski definition) is 1. The molecule has 0 spiro atoms. The van der Waals surface area contributed by atoms with Gasteiger partial charge in [0.25, 0.3) is 5.91 Å². The topological polar surface area (TPSA) is 70.5 Å². The van der Waals surface area contributed by atoms with E-state index in [0.717, 1.165) is 32.4 Å². The first-order chi connectivity index (χ1) is 9.61. The number of carboxylic acids is 1. The third-order valence-electron chi connectivity index (χ3n) is 3.73. The van der Waals surface area contributed by atoms with Gasteiger partial charge < -0.3 is 10.0 Å². The molecule has 1 unspecified atom stereocenters. The molecule has 0 aliphatic carbocycles. The van der Waals surface area contributed by atoms with Crippen LogP contribution in [0.25, 0.3) is 0 Å². The molecule has 0 radical (unpaired) electrons. The number of carbonyl (C=O) groups excluding carboxylic acids is 1. The molecule has 0 saturated carbocycles. The molecule has 1 aromatic rings. The second-order valence-corrected chi connectivity index (χ2v) is 5.28. The van der Waals surface area contributed by atoms with Crippen molar-refractivity contribution in [1.29, 1.82) is 0 Å². The summed E-state index contributed by atoms with van der Waals surface area (Å²) in [5.74, 6) is -0.628. The number of piperidine rings is 1. The Morgan fingerprint density at radius 3 is 3.00 bits per heavy atom. The van der Waals surface area contributed by atoms with Crippen molar-refractivity contribution in [3.63, 3.8) is 0 Å². The molecule has 1 aliphatic heterocycles. The third kappa shape index (κ3) is 3.35. The number of amides is 1. The molecule has 1 amide bonds.